The number of aromatic nitrogens is 1. The molecule has 0 atom stereocenters. The molecule has 72 valence electrons. The van der Waals surface area contributed by atoms with Gasteiger partial charge in [-0.05, 0) is 36.6 Å². The van der Waals surface area contributed by atoms with Gasteiger partial charge in [-0.2, -0.15) is 0 Å². The first-order valence-corrected chi connectivity index (χ1v) is 4.69. The summed E-state index contributed by atoms with van der Waals surface area (Å²) in [5.41, 5.74) is 0.913. The van der Waals surface area contributed by atoms with Crippen molar-refractivity contribution in [2.75, 3.05) is 7.11 Å². The van der Waals surface area contributed by atoms with E-state index in [0.29, 0.717) is 5.15 Å². The summed E-state index contributed by atoms with van der Waals surface area (Å²) in [5, 5.41) is 2.56. The van der Waals surface area contributed by atoms with Crippen LogP contribution >= 0.6 is 11.6 Å². The number of ether oxygens (including phenoxy) is 1. The Morgan fingerprint density at radius 2 is 2.07 bits per heavy atom. The Morgan fingerprint density at radius 1 is 1.29 bits per heavy atom. The first kappa shape index (κ1) is 9.28. The number of hydrogen-bond acceptors (Lipinski definition) is 2. The summed E-state index contributed by atoms with van der Waals surface area (Å²) in [4.78, 5) is 4.18. The first-order valence-electron chi connectivity index (χ1n) is 4.31. The van der Waals surface area contributed by atoms with E-state index in [9.17, 15) is 0 Å². The Hall–Kier alpha value is -1.28. The quantitative estimate of drug-likeness (QED) is 0.670. The SMILES string of the molecule is COc1ccc2c(Cl)nc(C)cc2c1. The average molecular weight is 208 g/mol. The molecule has 14 heavy (non-hydrogen) atoms. The molecule has 0 aliphatic rings. The predicted molar refractivity (Wildman–Crippen MR) is 58.0 cm³/mol. The predicted octanol–water partition coefficient (Wildman–Crippen LogP) is 3.21. The molecule has 0 aliphatic carbocycles. The van der Waals surface area contributed by atoms with Gasteiger partial charge in [-0.1, -0.05) is 11.6 Å². The number of pyridine rings is 1. The summed E-state index contributed by atoms with van der Waals surface area (Å²) in [6, 6.07) is 7.74. The third kappa shape index (κ3) is 1.53. The highest BCUT2D eigenvalue weighted by Crippen LogP contribution is 2.26. The Morgan fingerprint density at radius 3 is 2.79 bits per heavy atom. The first-order chi connectivity index (χ1) is 6.70. The molecule has 2 rings (SSSR count). The van der Waals surface area contributed by atoms with E-state index in [4.69, 9.17) is 16.3 Å². The Bertz CT molecular complexity index is 482. The standard InChI is InChI=1S/C11H10ClNO/c1-7-5-8-6-9(14-2)3-4-10(8)11(12)13-7/h3-6H,1-2H3. The van der Waals surface area contributed by atoms with Crippen molar-refractivity contribution in [3.05, 3.63) is 35.1 Å². The van der Waals surface area contributed by atoms with E-state index < -0.39 is 0 Å². The molecule has 0 radical (unpaired) electrons. The van der Waals surface area contributed by atoms with Crippen LogP contribution in [0.4, 0.5) is 0 Å². The topological polar surface area (TPSA) is 22.1 Å². The lowest BCUT2D eigenvalue weighted by Crippen LogP contribution is -1.86. The van der Waals surface area contributed by atoms with E-state index in [0.717, 1.165) is 22.2 Å². The molecule has 0 N–H and O–H groups in total. The molecule has 1 heterocycles. The summed E-state index contributed by atoms with van der Waals surface area (Å²) in [7, 11) is 1.65. The van der Waals surface area contributed by atoms with Crippen LogP contribution in [-0.2, 0) is 0 Å². The maximum absolute atomic E-state index is 6.01. The maximum atomic E-state index is 6.01. The van der Waals surface area contributed by atoms with Gasteiger partial charge in [0.2, 0.25) is 0 Å². The van der Waals surface area contributed by atoms with Gasteiger partial charge in [0.25, 0.3) is 0 Å². The van der Waals surface area contributed by atoms with Crippen molar-refractivity contribution in [3.63, 3.8) is 0 Å². The summed E-state index contributed by atoms with van der Waals surface area (Å²) in [5.74, 6) is 0.833. The van der Waals surface area contributed by atoms with Crippen LogP contribution in [0.2, 0.25) is 5.15 Å². The molecule has 0 unspecified atom stereocenters. The Kier molecular flexibility index (Phi) is 2.30. The minimum atomic E-state index is 0.544. The molecule has 1 aromatic heterocycles. The van der Waals surface area contributed by atoms with E-state index >= 15 is 0 Å². The number of benzene rings is 1. The van der Waals surface area contributed by atoms with Crippen LogP contribution in [0.25, 0.3) is 10.8 Å². The van der Waals surface area contributed by atoms with Crippen molar-refractivity contribution in [2.45, 2.75) is 6.92 Å². The van der Waals surface area contributed by atoms with Crippen molar-refractivity contribution in [1.29, 1.82) is 0 Å². The van der Waals surface area contributed by atoms with Gasteiger partial charge >= 0.3 is 0 Å². The Balaban J connectivity index is 2.75. The van der Waals surface area contributed by atoms with Crippen LogP contribution in [0, 0.1) is 6.92 Å². The van der Waals surface area contributed by atoms with Crippen LogP contribution in [0.1, 0.15) is 5.69 Å². The van der Waals surface area contributed by atoms with Crippen LogP contribution in [-0.4, -0.2) is 12.1 Å². The monoisotopic (exact) mass is 207 g/mol. The van der Waals surface area contributed by atoms with E-state index in [1.807, 2.05) is 31.2 Å². The highest BCUT2D eigenvalue weighted by Gasteiger charge is 2.02. The number of fused-ring (bicyclic) bond motifs is 1. The van der Waals surface area contributed by atoms with E-state index in [1.54, 1.807) is 7.11 Å². The fourth-order valence-electron chi connectivity index (χ4n) is 1.45. The zero-order chi connectivity index (χ0) is 10.1. The van der Waals surface area contributed by atoms with Crippen molar-refractivity contribution in [2.24, 2.45) is 0 Å². The molecule has 0 aliphatic heterocycles. The minimum Gasteiger partial charge on any atom is -0.497 e. The van der Waals surface area contributed by atoms with Crippen LogP contribution in [0.15, 0.2) is 24.3 Å². The largest absolute Gasteiger partial charge is 0.497 e. The third-order valence-corrected chi connectivity index (χ3v) is 2.41. The fourth-order valence-corrected chi connectivity index (χ4v) is 1.75. The molecular weight excluding hydrogens is 198 g/mol. The van der Waals surface area contributed by atoms with Crippen molar-refractivity contribution >= 4 is 22.4 Å². The van der Waals surface area contributed by atoms with Gasteiger partial charge in [-0.15, -0.1) is 0 Å². The summed E-state index contributed by atoms with van der Waals surface area (Å²) in [6.45, 7) is 1.92. The zero-order valence-electron chi connectivity index (χ0n) is 8.04. The molecule has 0 saturated carbocycles. The highest BCUT2D eigenvalue weighted by atomic mass is 35.5. The second-order valence-electron chi connectivity index (χ2n) is 3.14. The molecule has 2 nitrogen and oxygen atoms in total. The molecule has 0 saturated heterocycles. The maximum Gasteiger partial charge on any atom is 0.137 e. The Labute approximate surface area is 87.5 Å². The summed E-state index contributed by atoms with van der Waals surface area (Å²) < 4.78 is 5.14. The van der Waals surface area contributed by atoms with Gasteiger partial charge in [0.1, 0.15) is 10.9 Å². The minimum absolute atomic E-state index is 0.544. The zero-order valence-corrected chi connectivity index (χ0v) is 8.80. The van der Waals surface area contributed by atoms with Gasteiger partial charge in [0.05, 0.1) is 7.11 Å². The third-order valence-electron chi connectivity index (χ3n) is 2.12. The fraction of sp³-hybridized carbons (Fsp3) is 0.182. The number of aryl methyl sites for hydroxylation is 1. The summed E-state index contributed by atoms with van der Waals surface area (Å²) >= 11 is 6.01. The number of methoxy groups -OCH3 is 1. The number of rotatable bonds is 1. The number of halogens is 1. The van der Waals surface area contributed by atoms with Crippen LogP contribution in [0.5, 0.6) is 5.75 Å². The lowest BCUT2D eigenvalue weighted by Gasteiger charge is -2.04. The van der Waals surface area contributed by atoms with E-state index in [-0.39, 0.29) is 0 Å². The molecule has 1 aromatic carbocycles. The average Bonchev–Trinajstić information content (AvgIpc) is 2.16. The molecule has 0 amide bonds. The van der Waals surface area contributed by atoms with Crippen molar-refractivity contribution in [1.82, 2.24) is 4.98 Å². The second-order valence-corrected chi connectivity index (χ2v) is 3.50. The molecule has 3 heteroatoms. The van der Waals surface area contributed by atoms with Gasteiger partial charge in [0, 0.05) is 11.1 Å². The van der Waals surface area contributed by atoms with E-state index in [2.05, 4.69) is 4.98 Å². The number of hydrogen-bond donors (Lipinski definition) is 0. The van der Waals surface area contributed by atoms with Gasteiger partial charge in [0.15, 0.2) is 0 Å². The number of nitrogens with zero attached hydrogens (tertiary/aromatic N) is 1. The molecule has 0 bridgehead atoms. The van der Waals surface area contributed by atoms with Crippen LogP contribution < -0.4 is 4.74 Å². The van der Waals surface area contributed by atoms with Gasteiger partial charge < -0.3 is 4.74 Å². The van der Waals surface area contributed by atoms with Gasteiger partial charge in [-0.25, -0.2) is 4.98 Å². The second kappa shape index (κ2) is 3.46. The lowest BCUT2D eigenvalue weighted by atomic mass is 10.1. The molecule has 2 aromatic rings. The molecule has 0 spiro atoms. The highest BCUT2D eigenvalue weighted by molar-refractivity contribution is 6.34. The smallest absolute Gasteiger partial charge is 0.137 e. The van der Waals surface area contributed by atoms with Crippen molar-refractivity contribution < 1.29 is 4.74 Å². The molecule has 0 fully saturated rings. The van der Waals surface area contributed by atoms with Crippen LogP contribution in [0.3, 0.4) is 0 Å². The summed E-state index contributed by atoms with van der Waals surface area (Å²) in [6.07, 6.45) is 0. The van der Waals surface area contributed by atoms with E-state index in [1.165, 1.54) is 0 Å². The van der Waals surface area contributed by atoms with Crippen molar-refractivity contribution in [3.8, 4) is 5.75 Å². The van der Waals surface area contributed by atoms with Gasteiger partial charge in [-0.3, -0.25) is 0 Å². The normalized spacial score (nSPS) is 10.5. The lowest BCUT2D eigenvalue weighted by molar-refractivity contribution is 0.415. The molecular formula is C11H10ClNO.